The molecule has 17 heavy (non-hydrogen) atoms. The summed E-state index contributed by atoms with van der Waals surface area (Å²) in [5.74, 6) is -1.07. The molecular formula is C11H9BrN2O3. The number of rotatable bonds is 3. The number of halogens is 1. The molecule has 2 N–H and O–H groups in total. The van der Waals surface area contributed by atoms with E-state index in [0.29, 0.717) is 10.2 Å². The van der Waals surface area contributed by atoms with Crippen LogP contribution in [0.3, 0.4) is 0 Å². The second kappa shape index (κ2) is 4.58. The van der Waals surface area contributed by atoms with Crippen molar-refractivity contribution in [2.24, 2.45) is 0 Å². The van der Waals surface area contributed by atoms with Crippen molar-refractivity contribution in [1.82, 2.24) is 9.78 Å². The van der Waals surface area contributed by atoms with Crippen LogP contribution >= 0.6 is 15.9 Å². The summed E-state index contributed by atoms with van der Waals surface area (Å²) in [5, 5.41) is 11.4. The molecule has 0 spiro atoms. The summed E-state index contributed by atoms with van der Waals surface area (Å²) in [6, 6.07) is 9.22. The highest BCUT2D eigenvalue weighted by atomic mass is 79.9. The Morgan fingerprint density at radius 3 is 2.59 bits per heavy atom. The van der Waals surface area contributed by atoms with Crippen LogP contribution in [0.25, 0.3) is 11.3 Å². The lowest BCUT2D eigenvalue weighted by Gasteiger charge is -1.98. The second-order valence-electron chi connectivity index (χ2n) is 3.45. The van der Waals surface area contributed by atoms with Crippen LogP contribution in [0.15, 0.2) is 39.6 Å². The van der Waals surface area contributed by atoms with Crippen LogP contribution < -0.4 is 5.56 Å². The molecule has 0 aliphatic heterocycles. The minimum absolute atomic E-state index is 0.338. The molecule has 6 heteroatoms. The molecule has 0 radical (unpaired) electrons. The van der Waals surface area contributed by atoms with Crippen LogP contribution in [-0.2, 0) is 11.3 Å². The summed E-state index contributed by atoms with van der Waals surface area (Å²) in [4.78, 5) is 22.3. The van der Waals surface area contributed by atoms with Gasteiger partial charge in [0.2, 0.25) is 0 Å². The second-order valence-corrected chi connectivity index (χ2v) is 4.24. The molecule has 0 atom stereocenters. The molecule has 0 saturated heterocycles. The minimum atomic E-state index is -1.07. The maximum atomic E-state index is 11.7. The number of aliphatic carboxylic acids is 1. The Morgan fingerprint density at radius 1 is 1.35 bits per heavy atom. The lowest BCUT2D eigenvalue weighted by atomic mass is 10.2. The van der Waals surface area contributed by atoms with E-state index in [2.05, 4.69) is 21.0 Å². The normalized spacial score (nSPS) is 10.4. The van der Waals surface area contributed by atoms with E-state index >= 15 is 0 Å². The molecular weight excluding hydrogens is 288 g/mol. The number of nitrogens with zero attached hydrogens (tertiary/aromatic N) is 1. The first kappa shape index (κ1) is 11.7. The molecule has 2 aromatic rings. The summed E-state index contributed by atoms with van der Waals surface area (Å²) in [6.45, 7) is -0.385. The number of carboxylic acids is 1. The summed E-state index contributed by atoms with van der Waals surface area (Å²) in [7, 11) is 0. The molecule has 0 amide bonds. The highest BCUT2D eigenvalue weighted by Crippen LogP contribution is 2.22. The number of benzene rings is 1. The third kappa shape index (κ3) is 2.31. The van der Waals surface area contributed by atoms with Gasteiger partial charge in [-0.2, -0.15) is 0 Å². The zero-order chi connectivity index (χ0) is 12.4. The van der Waals surface area contributed by atoms with E-state index < -0.39 is 5.97 Å². The summed E-state index contributed by atoms with van der Waals surface area (Å²) < 4.78 is 1.39. The van der Waals surface area contributed by atoms with Crippen LogP contribution in [0.4, 0.5) is 0 Å². The van der Waals surface area contributed by atoms with E-state index in [4.69, 9.17) is 5.11 Å². The number of hydrogen-bond acceptors (Lipinski definition) is 2. The maximum Gasteiger partial charge on any atom is 0.325 e. The van der Waals surface area contributed by atoms with Crippen LogP contribution in [0.2, 0.25) is 0 Å². The van der Waals surface area contributed by atoms with Crippen LogP contribution in [0.1, 0.15) is 0 Å². The summed E-state index contributed by atoms with van der Waals surface area (Å²) in [5.41, 5.74) is 1.02. The van der Waals surface area contributed by atoms with E-state index in [0.717, 1.165) is 10.2 Å². The molecule has 1 heterocycles. The van der Waals surface area contributed by atoms with Crippen LogP contribution in [-0.4, -0.2) is 20.9 Å². The third-order valence-corrected chi connectivity index (χ3v) is 2.99. The number of aromatic amines is 1. The van der Waals surface area contributed by atoms with Crippen molar-refractivity contribution in [3.05, 3.63) is 45.2 Å². The van der Waals surface area contributed by atoms with Gasteiger partial charge in [0, 0.05) is 5.56 Å². The summed E-state index contributed by atoms with van der Waals surface area (Å²) in [6.07, 6.45) is 0. The lowest BCUT2D eigenvalue weighted by molar-refractivity contribution is -0.137. The third-order valence-electron chi connectivity index (χ3n) is 2.26. The fraction of sp³-hybridized carbons (Fsp3) is 0.0909. The first-order valence-electron chi connectivity index (χ1n) is 4.85. The van der Waals surface area contributed by atoms with Crippen molar-refractivity contribution < 1.29 is 9.90 Å². The van der Waals surface area contributed by atoms with Crippen molar-refractivity contribution in [2.45, 2.75) is 6.54 Å². The Labute approximate surface area is 105 Å². The molecule has 5 nitrogen and oxygen atoms in total. The first-order valence-corrected chi connectivity index (χ1v) is 5.64. The maximum absolute atomic E-state index is 11.7. The number of hydrogen-bond donors (Lipinski definition) is 2. The van der Waals surface area contributed by atoms with Gasteiger partial charge in [0.05, 0.1) is 5.69 Å². The standard InChI is InChI=1S/C11H9BrN2O3/c12-9-10(7-4-2-1-3-5-7)13-14(11(9)17)6-8(15)16/h1-5,13H,6H2,(H,15,16). The smallest absolute Gasteiger partial charge is 0.325 e. The molecule has 0 saturated carbocycles. The number of carbonyl (C=O) groups is 1. The van der Waals surface area contributed by atoms with Gasteiger partial charge in [-0.25, -0.2) is 4.68 Å². The van der Waals surface area contributed by atoms with E-state index in [1.165, 1.54) is 0 Å². The Bertz CT molecular complexity index is 601. The number of aromatic nitrogens is 2. The fourth-order valence-corrected chi connectivity index (χ4v) is 2.03. The van der Waals surface area contributed by atoms with Gasteiger partial charge in [0.1, 0.15) is 11.0 Å². The van der Waals surface area contributed by atoms with Gasteiger partial charge in [-0.05, 0) is 15.9 Å². The van der Waals surface area contributed by atoms with E-state index in [9.17, 15) is 9.59 Å². The van der Waals surface area contributed by atoms with Crippen LogP contribution in [0, 0.1) is 0 Å². The molecule has 2 rings (SSSR count). The average Bonchev–Trinajstić information content (AvgIpc) is 2.58. The predicted octanol–water partition coefficient (Wildman–Crippen LogP) is 1.69. The molecule has 1 aromatic carbocycles. The monoisotopic (exact) mass is 296 g/mol. The lowest BCUT2D eigenvalue weighted by Crippen LogP contribution is -2.21. The molecule has 1 aromatic heterocycles. The van der Waals surface area contributed by atoms with Crippen molar-refractivity contribution in [2.75, 3.05) is 0 Å². The van der Waals surface area contributed by atoms with Gasteiger partial charge in [-0.3, -0.25) is 14.7 Å². The first-order chi connectivity index (χ1) is 8.09. The SMILES string of the molecule is O=C(O)Cn1[nH]c(-c2ccccc2)c(Br)c1=O. The molecule has 0 fully saturated rings. The zero-order valence-corrected chi connectivity index (χ0v) is 10.3. The van der Waals surface area contributed by atoms with Gasteiger partial charge in [0.25, 0.3) is 5.56 Å². The van der Waals surface area contributed by atoms with Crippen LogP contribution in [0.5, 0.6) is 0 Å². The van der Waals surface area contributed by atoms with Crippen molar-refractivity contribution in [3.63, 3.8) is 0 Å². The fourth-order valence-electron chi connectivity index (χ4n) is 1.50. The van der Waals surface area contributed by atoms with Gasteiger partial charge >= 0.3 is 5.97 Å². The average molecular weight is 297 g/mol. The van der Waals surface area contributed by atoms with E-state index in [-0.39, 0.29) is 12.1 Å². The number of H-pyrrole nitrogens is 1. The molecule has 0 aliphatic carbocycles. The van der Waals surface area contributed by atoms with E-state index in [1.807, 2.05) is 30.3 Å². The van der Waals surface area contributed by atoms with Gasteiger partial charge in [0.15, 0.2) is 0 Å². The topological polar surface area (TPSA) is 75.1 Å². The van der Waals surface area contributed by atoms with Gasteiger partial charge in [-0.15, -0.1) is 0 Å². The van der Waals surface area contributed by atoms with Crippen molar-refractivity contribution >= 4 is 21.9 Å². The van der Waals surface area contributed by atoms with Gasteiger partial charge in [-0.1, -0.05) is 30.3 Å². The predicted molar refractivity (Wildman–Crippen MR) is 65.8 cm³/mol. The molecule has 88 valence electrons. The largest absolute Gasteiger partial charge is 0.480 e. The highest BCUT2D eigenvalue weighted by molar-refractivity contribution is 9.10. The van der Waals surface area contributed by atoms with Gasteiger partial charge < -0.3 is 5.11 Å². The minimum Gasteiger partial charge on any atom is -0.480 e. The molecule has 0 bridgehead atoms. The zero-order valence-electron chi connectivity index (χ0n) is 8.68. The Balaban J connectivity index is 2.51. The highest BCUT2D eigenvalue weighted by Gasteiger charge is 2.14. The van der Waals surface area contributed by atoms with Crippen molar-refractivity contribution in [3.8, 4) is 11.3 Å². The number of nitrogens with one attached hydrogen (secondary N) is 1. The Kier molecular flexibility index (Phi) is 3.14. The van der Waals surface area contributed by atoms with Crippen molar-refractivity contribution in [1.29, 1.82) is 0 Å². The Hall–Kier alpha value is -1.82. The number of carboxylic acid groups (broad SMARTS) is 1. The quantitative estimate of drug-likeness (QED) is 0.905. The Morgan fingerprint density at radius 2 is 2.00 bits per heavy atom. The molecule has 0 aliphatic rings. The van der Waals surface area contributed by atoms with E-state index in [1.54, 1.807) is 0 Å². The molecule has 0 unspecified atom stereocenters. The summed E-state index contributed by atoms with van der Waals surface area (Å²) >= 11 is 3.17.